The molecule has 5 rings (SSSR count). The molecule has 1 N–H and O–H groups in total. The Hall–Kier alpha value is -2.08. The molecule has 6 nitrogen and oxygen atoms in total. The third-order valence-corrected chi connectivity index (χ3v) is 7.81. The van der Waals surface area contributed by atoms with Gasteiger partial charge < -0.3 is 20.0 Å². The summed E-state index contributed by atoms with van der Waals surface area (Å²) in [4.78, 5) is 32.1. The van der Waals surface area contributed by atoms with Gasteiger partial charge in [0.2, 0.25) is 0 Å². The van der Waals surface area contributed by atoms with Crippen LogP contribution in [0.4, 0.5) is 4.79 Å². The Morgan fingerprint density at radius 3 is 2.23 bits per heavy atom. The van der Waals surface area contributed by atoms with Gasteiger partial charge in [-0.1, -0.05) is 31.0 Å². The van der Waals surface area contributed by atoms with Gasteiger partial charge in [0.05, 0.1) is 12.1 Å². The van der Waals surface area contributed by atoms with E-state index in [-0.39, 0.29) is 11.9 Å². The lowest BCUT2D eigenvalue weighted by molar-refractivity contribution is 0.0471. The molecule has 1 aromatic carbocycles. The Morgan fingerprint density at radius 1 is 0.833 bits per heavy atom. The van der Waals surface area contributed by atoms with Crippen LogP contribution in [0.3, 0.4) is 0 Å². The number of rotatable bonds is 3. The van der Waals surface area contributed by atoms with Crippen molar-refractivity contribution in [2.75, 3.05) is 26.2 Å². The second-order valence-electron chi connectivity index (χ2n) is 9.47. The molecular weight excluding hydrogens is 376 g/mol. The van der Waals surface area contributed by atoms with Crippen molar-refractivity contribution in [3.05, 3.63) is 35.9 Å². The Morgan fingerprint density at radius 2 is 1.50 bits per heavy atom. The van der Waals surface area contributed by atoms with Crippen LogP contribution < -0.4 is 5.32 Å². The number of hydrogen-bond donors (Lipinski definition) is 1. The highest BCUT2D eigenvalue weighted by Crippen LogP contribution is 2.33. The molecule has 2 atom stereocenters. The lowest BCUT2D eigenvalue weighted by Crippen LogP contribution is -2.53. The highest BCUT2D eigenvalue weighted by Gasteiger charge is 2.44. The number of likely N-dealkylation sites (tertiary alicyclic amines) is 2. The van der Waals surface area contributed by atoms with E-state index in [1.165, 1.54) is 12.8 Å². The van der Waals surface area contributed by atoms with Gasteiger partial charge in [-0.25, -0.2) is 4.79 Å². The second kappa shape index (κ2) is 8.58. The third-order valence-electron chi connectivity index (χ3n) is 7.81. The topological polar surface area (TPSA) is 55.9 Å². The zero-order valence-electron chi connectivity index (χ0n) is 17.8. The number of carbonyl (C=O) groups excluding carboxylic acids is 2. The minimum Gasteiger partial charge on any atom is -0.339 e. The first-order valence-electron chi connectivity index (χ1n) is 11.9. The van der Waals surface area contributed by atoms with Crippen LogP contribution >= 0.6 is 0 Å². The van der Waals surface area contributed by atoms with Crippen LogP contribution in [0.25, 0.3) is 0 Å². The Labute approximate surface area is 179 Å². The number of nitrogens with zero attached hydrogens (tertiary/aromatic N) is 3. The molecule has 2 unspecified atom stereocenters. The maximum Gasteiger partial charge on any atom is 0.318 e. The summed E-state index contributed by atoms with van der Waals surface area (Å²) in [5.41, 5.74) is 0.793. The van der Waals surface area contributed by atoms with E-state index in [2.05, 4.69) is 15.1 Å². The van der Waals surface area contributed by atoms with Gasteiger partial charge in [0.25, 0.3) is 5.91 Å². The van der Waals surface area contributed by atoms with Crippen LogP contribution in [0.5, 0.6) is 0 Å². The van der Waals surface area contributed by atoms with E-state index in [1.54, 1.807) is 0 Å². The van der Waals surface area contributed by atoms with Crippen LogP contribution in [-0.2, 0) is 0 Å². The number of amides is 3. The predicted octanol–water partition coefficient (Wildman–Crippen LogP) is 3.09. The zero-order valence-corrected chi connectivity index (χ0v) is 17.8. The second-order valence-corrected chi connectivity index (χ2v) is 9.47. The van der Waals surface area contributed by atoms with E-state index in [9.17, 15) is 9.59 Å². The van der Waals surface area contributed by atoms with E-state index in [0.29, 0.717) is 24.2 Å². The first kappa shape index (κ1) is 19.9. The number of piperidine rings is 2. The van der Waals surface area contributed by atoms with Crippen LogP contribution in [-0.4, -0.2) is 77.0 Å². The first-order chi connectivity index (χ1) is 14.7. The standard InChI is InChI=1S/C24H34N4O2/c29-23(18-6-2-1-3-7-18)27-16-10-19(11-17-27)26-14-12-20(13-15-26)28-22-9-5-4-8-21(22)25-24(28)30/h1-3,6-7,19-22H,4-5,8-17H2,(H,25,30). The van der Waals surface area contributed by atoms with Crippen molar-refractivity contribution < 1.29 is 9.59 Å². The summed E-state index contributed by atoms with van der Waals surface area (Å²) in [7, 11) is 0. The molecule has 3 heterocycles. The van der Waals surface area contributed by atoms with Gasteiger partial charge in [-0.15, -0.1) is 0 Å². The van der Waals surface area contributed by atoms with E-state index >= 15 is 0 Å². The van der Waals surface area contributed by atoms with Crippen molar-refractivity contribution >= 4 is 11.9 Å². The van der Waals surface area contributed by atoms with E-state index < -0.39 is 0 Å². The third kappa shape index (κ3) is 3.82. The number of benzene rings is 1. The summed E-state index contributed by atoms with van der Waals surface area (Å²) in [6.07, 6.45) is 9.09. The number of fused-ring (bicyclic) bond motifs is 1. The summed E-state index contributed by atoms with van der Waals surface area (Å²) in [6.45, 7) is 3.83. The SMILES string of the molecule is O=C(c1ccccc1)N1CCC(N2CCC(N3C(=O)NC4CCCCC43)CC2)CC1. The predicted molar refractivity (Wildman–Crippen MR) is 116 cm³/mol. The van der Waals surface area contributed by atoms with Gasteiger partial charge in [0.15, 0.2) is 0 Å². The molecule has 30 heavy (non-hydrogen) atoms. The molecule has 1 saturated carbocycles. The van der Waals surface area contributed by atoms with E-state index in [4.69, 9.17) is 0 Å². The highest BCUT2D eigenvalue weighted by atomic mass is 16.2. The summed E-state index contributed by atoms with van der Waals surface area (Å²) in [6, 6.07) is 11.6. The quantitative estimate of drug-likeness (QED) is 0.833. The average Bonchev–Trinajstić information content (AvgIpc) is 3.15. The first-order valence-corrected chi connectivity index (χ1v) is 11.9. The molecule has 0 spiro atoms. The molecule has 4 aliphatic rings. The average molecular weight is 411 g/mol. The van der Waals surface area contributed by atoms with Crippen LogP contribution in [0, 0.1) is 0 Å². The van der Waals surface area contributed by atoms with Crippen LogP contribution in [0.15, 0.2) is 30.3 Å². The van der Waals surface area contributed by atoms with Crippen molar-refractivity contribution in [3.8, 4) is 0 Å². The summed E-state index contributed by atoms with van der Waals surface area (Å²) in [5.74, 6) is 0.162. The normalized spacial score (nSPS) is 29.0. The van der Waals surface area contributed by atoms with E-state index in [0.717, 1.165) is 70.3 Å². The smallest absolute Gasteiger partial charge is 0.318 e. The Kier molecular flexibility index (Phi) is 5.68. The largest absolute Gasteiger partial charge is 0.339 e. The Bertz CT molecular complexity index is 754. The Balaban J connectivity index is 1.12. The molecule has 0 aromatic heterocycles. The van der Waals surface area contributed by atoms with Crippen LogP contribution in [0.1, 0.15) is 61.7 Å². The minimum absolute atomic E-state index is 0.162. The van der Waals surface area contributed by atoms with Crippen LogP contribution in [0.2, 0.25) is 0 Å². The van der Waals surface area contributed by atoms with Gasteiger partial charge in [0.1, 0.15) is 0 Å². The molecule has 1 aromatic rings. The molecule has 1 aliphatic carbocycles. The molecule has 3 saturated heterocycles. The van der Waals surface area contributed by atoms with Gasteiger partial charge in [-0.2, -0.15) is 0 Å². The molecule has 0 radical (unpaired) electrons. The fraction of sp³-hybridized carbons (Fsp3) is 0.667. The van der Waals surface area contributed by atoms with Gasteiger partial charge in [-0.05, 0) is 50.7 Å². The number of urea groups is 1. The van der Waals surface area contributed by atoms with Crippen molar-refractivity contribution in [2.24, 2.45) is 0 Å². The fourth-order valence-corrected chi connectivity index (χ4v) is 6.16. The molecule has 0 bridgehead atoms. The zero-order chi connectivity index (χ0) is 20.5. The summed E-state index contributed by atoms with van der Waals surface area (Å²) >= 11 is 0. The number of nitrogens with one attached hydrogen (secondary N) is 1. The molecule has 3 amide bonds. The minimum atomic E-state index is 0.162. The molecule has 4 fully saturated rings. The highest BCUT2D eigenvalue weighted by molar-refractivity contribution is 5.94. The summed E-state index contributed by atoms with van der Waals surface area (Å²) < 4.78 is 0. The molecule has 3 aliphatic heterocycles. The van der Waals surface area contributed by atoms with Crippen molar-refractivity contribution in [1.29, 1.82) is 0 Å². The molecule has 162 valence electrons. The fourth-order valence-electron chi connectivity index (χ4n) is 6.16. The molecule has 6 heteroatoms. The lowest BCUT2D eigenvalue weighted by atomic mass is 9.89. The van der Waals surface area contributed by atoms with Crippen molar-refractivity contribution in [2.45, 2.75) is 75.5 Å². The number of carbonyl (C=O) groups is 2. The van der Waals surface area contributed by atoms with Crippen molar-refractivity contribution in [1.82, 2.24) is 20.0 Å². The van der Waals surface area contributed by atoms with Gasteiger partial charge in [-0.3, -0.25) is 4.79 Å². The van der Waals surface area contributed by atoms with Crippen molar-refractivity contribution in [3.63, 3.8) is 0 Å². The molecular formula is C24H34N4O2. The summed E-state index contributed by atoms with van der Waals surface area (Å²) in [5, 5.41) is 3.24. The number of hydrogen-bond acceptors (Lipinski definition) is 3. The van der Waals surface area contributed by atoms with E-state index in [1.807, 2.05) is 35.2 Å². The maximum absolute atomic E-state index is 12.7. The lowest BCUT2D eigenvalue weighted by Gasteiger charge is -2.44. The monoisotopic (exact) mass is 410 g/mol. The van der Waals surface area contributed by atoms with Gasteiger partial charge in [0, 0.05) is 43.8 Å². The maximum atomic E-state index is 12.7. The van der Waals surface area contributed by atoms with Gasteiger partial charge >= 0.3 is 6.03 Å².